The summed E-state index contributed by atoms with van der Waals surface area (Å²) in [6.45, 7) is 1.95. The van der Waals surface area contributed by atoms with Gasteiger partial charge in [-0.25, -0.2) is 0 Å². The number of pyridine rings is 1. The van der Waals surface area contributed by atoms with Crippen LogP contribution in [0.1, 0.15) is 12.6 Å². The summed E-state index contributed by atoms with van der Waals surface area (Å²) < 4.78 is 0. The van der Waals surface area contributed by atoms with Crippen LogP contribution in [0, 0.1) is 5.92 Å². The van der Waals surface area contributed by atoms with Crippen molar-refractivity contribution >= 4 is 30.1 Å². The Hall–Kier alpha value is -0.740. The van der Waals surface area contributed by atoms with Crippen molar-refractivity contribution in [2.24, 2.45) is 5.92 Å². The molecule has 2 atom stereocenters. The number of thioether (sulfide) groups is 1. The fourth-order valence-electron chi connectivity index (χ4n) is 1.28. The first kappa shape index (κ1) is 12.3. The van der Waals surface area contributed by atoms with Crippen LogP contribution in [0.5, 0.6) is 0 Å². The maximum Gasteiger partial charge on any atom is 0.226 e. The summed E-state index contributed by atoms with van der Waals surface area (Å²) in [7, 11) is 0. The van der Waals surface area contributed by atoms with Crippen molar-refractivity contribution in [1.29, 1.82) is 0 Å². The van der Waals surface area contributed by atoms with Crippen molar-refractivity contribution in [2.75, 3.05) is 0 Å². The van der Waals surface area contributed by atoms with Crippen LogP contribution in [-0.4, -0.2) is 16.3 Å². The van der Waals surface area contributed by atoms with Gasteiger partial charge in [0.2, 0.25) is 5.91 Å². The van der Waals surface area contributed by atoms with E-state index in [1.54, 1.807) is 18.0 Å². The quantitative estimate of drug-likeness (QED) is 0.825. The van der Waals surface area contributed by atoms with Gasteiger partial charge in [-0.3, -0.25) is 9.78 Å². The maximum atomic E-state index is 10.9. The van der Waals surface area contributed by atoms with E-state index >= 15 is 0 Å². The number of halogens is 1. The Morgan fingerprint density at radius 1 is 1.53 bits per heavy atom. The molecule has 0 aliphatic carbocycles. The number of nitrogens with one attached hydrogen (secondary N) is 1. The number of amides is 1. The normalized spacial score (nSPS) is 23.7. The highest BCUT2D eigenvalue weighted by Gasteiger charge is 2.35. The van der Waals surface area contributed by atoms with Gasteiger partial charge in [0.05, 0.1) is 17.0 Å². The van der Waals surface area contributed by atoms with E-state index in [1.165, 1.54) is 0 Å². The minimum atomic E-state index is 0. The fraction of sp³-hybridized carbons (Fsp3) is 0.400. The molecule has 0 saturated carbocycles. The van der Waals surface area contributed by atoms with E-state index in [-0.39, 0.29) is 29.6 Å². The average Bonchev–Trinajstić information content (AvgIpc) is 2.25. The maximum absolute atomic E-state index is 10.9. The van der Waals surface area contributed by atoms with Gasteiger partial charge < -0.3 is 5.32 Å². The Kier molecular flexibility index (Phi) is 4.42. The van der Waals surface area contributed by atoms with Crippen molar-refractivity contribution in [1.82, 2.24) is 10.3 Å². The summed E-state index contributed by atoms with van der Waals surface area (Å²) in [6.07, 6.45) is 1.79. The van der Waals surface area contributed by atoms with Crippen LogP contribution < -0.4 is 5.32 Å². The number of carbonyl (C=O) groups is 1. The van der Waals surface area contributed by atoms with Crippen LogP contribution >= 0.6 is 24.2 Å². The van der Waals surface area contributed by atoms with E-state index in [0.717, 1.165) is 11.4 Å². The van der Waals surface area contributed by atoms with Gasteiger partial charge in [0, 0.05) is 11.9 Å². The first-order chi connectivity index (χ1) is 6.77. The van der Waals surface area contributed by atoms with E-state index in [4.69, 9.17) is 0 Å². The summed E-state index contributed by atoms with van der Waals surface area (Å²) in [5, 5.41) is 3.13. The minimum Gasteiger partial charge on any atom is -0.343 e. The van der Waals surface area contributed by atoms with Gasteiger partial charge in [-0.05, 0) is 12.1 Å². The van der Waals surface area contributed by atoms with Gasteiger partial charge in [-0.15, -0.1) is 24.2 Å². The second-order valence-electron chi connectivity index (χ2n) is 3.35. The first-order valence-electron chi connectivity index (χ1n) is 4.59. The molecule has 2 rings (SSSR count). The third kappa shape index (κ3) is 2.86. The summed E-state index contributed by atoms with van der Waals surface area (Å²) in [6, 6.07) is 5.88. The summed E-state index contributed by atoms with van der Waals surface area (Å²) in [4.78, 5) is 15.1. The molecule has 1 amide bonds. The molecule has 1 N–H and O–H groups in total. The van der Waals surface area contributed by atoms with Gasteiger partial charge in [-0.2, -0.15) is 0 Å². The van der Waals surface area contributed by atoms with Gasteiger partial charge >= 0.3 is 0 Å². The van der Waals surface area contributed by atoms with E-state index in [1.807, 2.05) is 25.1 Å². The Morgan fingerprint density at radius 3 is 2.87 bits per heavy atom. The highest BCUT2D eigenvalue weighted by Crippen LogP contribution is 2.27. The lowest BCUT2D eigenvalue weighted by molar-refractivity contribution is -0.131. The first-order valence-corrected chi connectivity index (χ1v) is 5.64. The lowest BCUT2D eigenvalue weighted by atomic mass is 10.1. The molecule has 15 heavy (non-hydrogen) atoms. The van der Waals surface area contributed by atoms with Crippen LogP contribution in [0.4, 0.5) is 0 Å². The molecule has 0 bridgehead atoms. The van der Waals surface area contributed by atoms with Crippen molar-refractivity contribution < 1.29 is 4.79 Å². The minimum absolute atomic E-state index is 0. The van der Waals surface area contributed by atoms with Gasteiger partial charge in [-0.1, -0.05) is 13.0 Å². The molecule has 0 unspecified atom stereocenters. The molecule has 1 fully saturated rings. The van der Waals surface area contributed by atoms with Gasteiger partial charge in [0.15, 0.2) is 0 Å². The number of rotatable bonds is 3. The Bertz CT molecular complexity index is 333. The molecule has 1 aromatic heterocycles. The third-order valence-corrected chi connectivity index (χ3v) is 3.64. The average molecular weight is 245 g/mol. The Balaban J connectivity index is 0.00000112. The van der Waals surface area contributed by atoms with E-state index in [0.29, 0.717) is 0 Å². The number of hydrogen-bond donors (Lipinski definition) is 1. The zero-order chi connectivity index (χ0) is 9.97. The molecule has 2 heterocycles. The lowest BCUT2D eigenvalue weighted by Gasteiger charge is -2.33. The number of β-lactam (4-membered cyclic amide) rings is 1. The van der Waals surface area contributed by atoms with Crippen molar-refractivity contribution in [3.8, 4) is 0 Å². The molecule has 5 heteroatoms. The van der Waals surface area contributed by atoms with E-state index in [2.05, 4.69) is 10.3 Å². The molecule has 82 valence electrons. The van der Waals surface area contributed by atoms with Crippen LogP contribution in [0.15, 0.2) is 24.4 Å². The van der Waals surface area contributed by atoms with Gasteiger partial charge in [0.1, 0.15) is 0 Å². The highest BCUT2D eigenvalue weighted by atomic mass is 35.5. The van der Waals surface area contributed by atoms with Crippen LogP contribution in [-0.2, 0) is 10.5 Å². The smallest absolute Gasteiger partial charge is 0.226 e. The SMILES string of the molecule is C[C@@H]1C(=O)N[C@H]1SCc1ccccn1.Cl. The molecular weight excluding hydrogens is 232 g/mol. The number of aromatic nitrogens is 1. The third-order valence-electron chi connectivity index (χ3n) is 2.29. The molecule has 0 spiro atoms. The lowest BCUT2D eigenvalue weighted by Crippen LogP contribution is -2.54. The fourth-order valence-corrected chi connectivity index (χ4v) is 2.42. The molecule has 3 nitrogen and oxygen atoms in total. The summed E-state index contributed by atoms with van der Waals surface area (Å²) in [5.74, 6) is 1.16. The molecule has 1 aromatic rings. The number of nitrogens with zero attached hydrogens (tertiary/aromatic N) is 1. The van der Waals surface area contributed by atoms with Crippen LogP contribution in [0.3, 0.4) is 0 Å². The molecule has 0 aromatic carbocycles. The zero-order valence-corrected chi connectivity index (χ0v) is 9.98. The highest BCUT2D eigenvalue weighted by molar-refractivity contribution is 7.99. The summed E-state index contributed by atoms with van der Waals surface area (Å²) >= 11 is 1.73. The molecule has 1 aliphatic heterocycles. The topological polar surface area (TPSA) is 42.0 Å². The molecule has 0 radical (unpaired) electrons. The van der Waals surface area contributed by atoms with Crippen molar-refractivity contribution in [3.63, 3.8) is 0 Å². The Morgan fingerprint density at radius 2 is 2.33 bits per heavy atom. The summed E-state index contributed by atoms with van der Waals surface area (Å²) in [5.41, 5.74) is 1.06. The van der Waals surface area contributed by atoms with Crippen LogP contribution in [0.25, 0.3) is 0 Å². The van der Waals surface area contributed by atoms with Crippen molar-refractivity contribution in [3.05, 3.63) is 30.1 Å². The van der Waals surface area contributed by atoms with Crippen LogP contribution in [0.2, 0.25) is 0 Å². The second kappa shape index (κ2) is 5.37. The predicted molar refractivity (Wildman–Crippen MR) is 63.9 cm³/mol. The molecular formula is C10H13ClN2OS. The standard InChI is InChI=1S/C10H12N2OS.ClH/c1-7-9(13)12-10(7)14-6-8-4-2-3-5-11-8;/h2-5,7,10H,6H2,1H3,(H,12,13);1H/t7-,10+;/m1./s1. The van der Waals surface area contributed by atoms with E-state index < -0.39 is 0 Å². The predicted octanol–water partition coefficient (Wildman–Crippen LogP) is 1.83. The van der Waals surface area contributed by atoms with E-state index in [9.17, 15) is 4.79 Å². The second-order valence-corrected chi connectivity index (χ2v) is 4.48. The monoisotopic (exact) mass is 244 g/mol. The molecule has 1 aliphatic rings. The van der Waals surface area contributed by atoms with Crippen molar-refractivity contribution in [2.45, 2.75) is 18.1 Å². The van der Waals surface area contributed by atoms with Gasteiger partial charge in [0.25, 0.3) is 0 Å². The number of carbonyl (C=O) groups excluding carboxylic acids is 1. The zero-order valence-electron chi connectivity index (χ0n) is 8.34. The largest absolute Gasteiger partial charge is 0.343 e. The molecule has 1 saturated heterocycles. The number of hydrogen-bond acceptors (Lipinski definition) is 3. The Labute approximate surface area is 99.5 Å².